The van der Waals surface area contributed by atoms with Gasteiger partial charge in [-0.05, 0) is 0 Å². The fourth-order valence-corrected chi connectivity index (χ4v) is 8.86. The molecule has 17 heavy (non-hydrogen) atoms. The van der Waals surface area contributed by atoms with E-state index < -0.39 is 19.2 Å². The van der Waals surface area contributed by atoms with Crippen LogP contribution in [0, 0.1) is 0 Å². The van der Waals surface area contributed by atoms with Crippen molar-refractivity contribution >= 4 is 19.2 Å². The van der Waals surface area contributed by atoms with Crippen LogP contribution in [0.5, 0.6) is 0 Å². The van der Waals surface area contributed by atoms with E-state index in [0.29, 0.717) is 0 Å². The normalized spacial score (nSPS) is 12.0. The van der Waals surface area contributed by atoms with Gasteiger partial charge in [-0.2, -0.15) is 0 Å². The molecule has 0 fully saturated rings. The maximum atomic E-state index is 6.20. The molecule has 0 aliphatic carbocycles. The summed E-state index contributed by atoms with van der Waals surface area (Å²) in [6.45, 7) is 10.8. The van der Waals surface area contributed by atoms with E-state index >= 15 is 0 Å². The fraction of sp³-hybridized carbons (Fsp3) is 1.00. The summed E-state index contributed by atoms with van der Waals surface area (Å²) in [6.07, 6.45) is 7.50. The number of hydrogen-bond acceptors (Lipinski definition) is 2. The van der Waals surface area contributed by atoms with Gasteiger partial charge in [-0.3, -0.25) is 0 Å². The second-order valence-corrected chi connectivity index (χ2v) is 15.6. The molecule has 0 saturated heterocycles. The summed E-state index contributed by atoms with van der Waals surface area (Å²) in [5.74, 6) is 0. The van der Waals surface area contributed by atoms with Crippen LogP contribution in [0.1, 0.15) is 66.2 Å². The van der Waals surface area contributed by atoms with Gasteiger partial charge in [0.25, 0.3) is 0 Å². The molecule has 0 amide bonds. The first-order chi connectivity index (χ1) is 8.24. The van der Waals surface area contributed by atoms with Crippen molar-refractivity contribution in [2.45, 2.75) is 75.1 Å². The molecule has 0 bridgehead atoms. The summed E-state index contributed by atoms with van der Waals surface area (Å²) in [6, 6.07) is 0. The Labute approximate surface area is 113 Å². The van der Waals surface area contributed by atoms with Crippen molar-refractivity contribution in [3.8, 4) is 0 Å². The minimum atomic E-state index is -2.62. The van der Waals surface area contributed by atoms with Crippen molar-refractivity contribution < 1.29 is 6.15 Å². The van der Waals surface area contributed by atoms with E-state index in [1.54, 1.807) is 0 Å². The fourth-order valence-electron chi connectivity index (χ4n) is 1.92. The van der Waals surface area contributed by atoms with Crippen LogP contribution in [-0.2, 0) is 6.15 Å². The number of hydrogen-bond donors (Lipinski definition) is 0. The zero-order valence-electron chi connectivity index (χ0n) is 12.4. The van der Waals surface area contributed by atoms with E-state index in [2.05, 4.69) is 27.7 Å². The molecule has 0 spiro atoms. The van der Waals surface area contributed by atoms with Crippen molar-refractivity contribution in [2.75, 3.05) is 13.2 Å². The predicted octanol–water partition coefficient (Wildman–Crippen LogP) is 4.88. The summed E-state index contributed by atoms with van der Waals surface area (Å²) in [7, 11) is 0. The van der Waals surface area contributed by atoms with Crippen LogP contribution in [0.3, 0.4) is 0 Å². The number of rotatable bonds is 12. The Balaban J connectivity index is 3.88. The van der Waals surface area contributed by atoms with Crippen molar-refractivity contribution in [3.05, 3.63) is 0 Å². The Kier molecular flexibility index (Phi) is 12.3. The van der Waals surface area contributed by atoms with Crippen LogP contribution in [0.4, 0.5) is 0 Å². The third-order valence-corrected chi connectivity index (χ3v) is 13.6. The van der Waals surface area contributed by atoms with E-state index in [4.69, 9.17) is 6.15 Å². The van der Waals surface area contributed by atoms with Gasteiger partial charge in [-0.25, -0.2) is 0 Å². The molecule has 0 aromatic heterocycles. The first-order valence-electron chi connectivity index (χ1n) is 7.52. The summed E-state index contributed by atoms with van der Waals surface area (Å²) in [5.41, 5.74) is 0. The molecule has 0 aliphatic heterocycles. The summed E-state index contributed by atoms with van der Waals surface area (Å²) in [5, 5.41) is 0. The molecule has 0 rings (SSSR count). The van der Waals surface area contributed by atoms with Gasteiger partial charge in [0.05, 0.1) is 0 Å². The molecule has 0 heterocycles. The zero-order chi connectivity index (χ0) is 13.0. The van der Waals surface area contributed by atoms with Gasteiger partial charge in [-0.15, -0.1) is 0 Å². The monoisotopic (exact) mass is 352 g/mol. The molecular formula is C14H32O2Sn. The van der Waals surface area contributed by atoms with E-state index in [1.165, 1.54) is 38.5 Å². The third-order valence-electron chi connectivity index (χ3n) is 3.30. The van der Waals surface area contributed by atoms with Gasteiger partial charge in [0.1, 0.15) is 0 Å². The topological polar surface area (TPSA) is 18.5 Å². The van der Waals surface area contributed by atoms with Gasteiger partial charge < -0.3 is 0 Å². The minimum absolute atomic E-state index is 0.930. The van der Waals surface area contributed by atoms with Crippen LogP contribution < -0.4 is 0 Å². The first-order valence-corrected chi connectivity index (χ1v) is 13.9. The van der Waals surface area contributed by atoms with Crippen molar-refractivity contribution in [2.24, 2.45) is 0 Å². The second-order valence-electron chi connectivity index (χ2n) is 4.73. The Morgan fingerprint density at radius 2 is 1.06 bits per heavy atom. The Hall–Kier alpha value is 0.719. The molecular weight excluding hydrogens is 319 g/mol. The molecule has 104 valence electrons. The average Bonchev–Trinajstić information content (AvgIpc) is 2.37. The van der Waals surface area contributed by atoms with Gasteiger partial charge in [0.15, 0.2) is 0 Å². The standard InChI is InChI=1S/2C5H11O.2C2H5.Sn/c2*1-2-3-4-5-6;2*1-2;/h2*2-5H2,1H3;2*1H2,2H3;/q2*-1;;;+2. The van der Waals surface area contributed by atoms with Crippen molar-refractivity contribution in [1.29, 1.82) is 0 Å². The molecule has 0 atom stereocenters. The third kappa shape index (κ3) is 8.44. The molecule has 0 unspecified atom stereocenters. The molecule has 0 aliphatic rings. The van der Waals surface area contributed by atoms with Crippen LogP contribution >= 0.6 is 0 Å². The van der Waals surface area contributed by atoms with E-state index in [1.807, 2.05) is 0 Å². The van der Waals surface area contributed by atoms with E-state index in [0.717, 1.165) is 22.1 Å². The predicted molar refractivity (Wildman–Crippen MR) is 77.7 cm³/mol. The van der Waals surface area contributed by atoms with Gasteiger partial charge >= 0.3 is 114 Å². The molecule has 0 saturated carbocycles. The van der Waals surface area contributed by atoms with Crippen LogP contribution in [0.2, 0.25) is 8.87 Å². The van der Waals surface area contributed by atoms with Gasteiger partial charge in [0, 0.05) is 0 Å². The van der Waals surface area contributed by atoms with Gasteiger partial charge in [0.2, 0.25) is 0 Å². The number of unbranched alkanes of at least 4 members (excludes halogenated alkanes) is 4. The summed E-state index contributed by atoms with van der Waals surface area (Å²) >= 11 is -2.62. The molecule has 3 heteroatoms. The maximum absolute atomic E-state index is 6.20. The second kappa shape index (κ2) is 11.8. The quantitative estimate of drug-likeness (QED) is 0.369. The molecule has 0 aromatic carbocycles. The zero-order valence-corrected chi connectivity index (χ0v) is 15.2. The SMILES string of the molecule is CCCCC[O][Sn]([CH2]C)([CH2]C)[O]CCCCC. The van der Waals surface area contributed by atoms with Crippen molar-refractivity contribution in [3.63, 3.8) is 0 Å². The van der Waals surface area contributed by atoms with E-state index in [9.17, 15) is 0 Å². The van der Waals surface area contributed by atoms with E-state index in [-0.39, 0.29) is 0 Å². The van der Waals surface area contributed by atoms with Crippen LogP contribution in [-0.4, -0.2) is 32.4 Å². The van der Waals surface area contributed by atoms with Crippen molar-refractivity contribution in [1.82, 2.24) is 0 Å². The summed E-state index contributed by atoms with van der Waals surface area (Å²) < 4.78 is 14.7. The Bertz CT molecular complexity index is 144. The summed E-state index contributed by atoms with van der Waals surface area (Å²) in [4.78, 5) is 0. The molecule has 0 N–H and O–H groups in total. The molecule has 2 nitrogen and oxygen atoms in total. The van der Waals surface area contributed by atoms with Crippen LogP contribution in [0.15, 0.2) is 0 Å². The van der Waals surface area contributed by atoms with Gasteiger partial charge in [-0.1, -0.05) is 0 Å². The molecule has 0 aromatic rings. The Morgan fingerprint density at radius 3 is 1.35 bits per heavy atom. The molecule has 0 radical (unpaired) electrons. The average molecular weight is 351 g/mol. The Morgan fingerprint density at radius 1 is 0.647 bits per heavy atom. The first kappa shape index (κ1) is 17.7. The van der Waals surface area contributed by atoms with Crippen LogP contribution in [0.25, 0.3) is 0 Å².